The maximum Gasteiger partial charge on any atom is 0.227 e. The maximum atomic E-state index is 12.5. The van der Waals surface area contributed by atoms with E-state index in [9.17, 15) is 9.59 Å². The molecule has 2 amide bonds. The Balaban J connectivity index is 2.00. The fourth-order valence-electron chi connectivity index (χ4n) is 2.76. The molecule has 0 aliphatic carbocycles. The summed E-state index contributed by atoms with van der Waals surface area (Å²) in [6, 6.07) is 5.51. The zero-order chi connectivity index (χ0) is 16.8. The second-order valence-corrected chi connectivity index (χ2v) is 5.61. The number of hydrogen-bond acceptors (Lipinski definition) is 4. The lowest BCUT2D eigenvalue weighted by Crippen LogP contribution is -2.37. The molecule has 0 aromatic heterocycles. The second kappa shape index (κ2) is 7.85. The average molecular weight is 320 g/mol. The third-order valence-electron chi connectivity index (χ3n) is 4.10. The minimum absolute atomic E-state index is 0.0687. The van der Waals surface area contributed by atoms with Crippen LogP contribution in [-0.2, 0) is 16.0 Å². The summed E-state index contributed by atoms with van der Waals surface area (Å²) in [5.41, 5.74) is 0.889. The molecule has 0 saturated carbocycles. The Labute approximate surface area is 137 Å². The van der Waals surface area contributed by atoms with Crippen molar-refractivity contribution in [1.82, 2.24) is 9.80 Å². The third-order valence-corrected chi connectivity index (χ3v) is 4.10. The van der Waals surface area contributed by atoms with Crippen LogP contribution in [0.1, 0.15) is 18.9 Å². The van der Waals surface area contributed by atoms with Crippen molar-refractivity contribution in [3.63, 3.8) is 0 Å². The summed E-state index contributed by atoms with van der Waals surface area (Å²) in [6.07, 6.45) is 1.14. The predicted octanol–water partition coefficient (Wildman–Crippen LogP) is 1.33. The summed E-state index contributed by atoms with van der Waals surface area (Å²) in [4.78, 5) is 27.6. The molecule has 1 aliphatic rings. The van der Waals surface area contributed by atoms with Crippen LogP contribution >= 0.6 is 0 Å². The van der Waals surface area contributed by atoms with E-state index in [0.717, 1.165) is 18.5 Å². The Bertz CT molecular complexity index is 574. The fourth-order valence-corrected chi connectivity index (χ4v) is 2.76. The molecule has 1 fully saturated rings. The molecule has 126 valence electrons. The van der Waals surface area contributed by atoms with Crippen molar-refractivity contribution in [3.05, 3.63) is 23.8 Å². The van der Waals surface area contributed by atoms with Crippen LogP contribution in [0, 0.1) is 0 Å². The van der Waals surface area contributed by atoms with Crippen LogP contribution < -0.4 is 9.47 Å². The zero-order valence-corrected chi connectivity index (χ0v) is 14.0. The fraction of sp³-hybridized carbons (Fsp3) is 0.529. The van der Waals surface area contributed by atoms with E-state index in [-0.39, 0.29) is 11.8 Å². The highest BCUT2D eigenvalue weighted by Crippen LogP contribution is 2.27. The molecule has 1 heterocycles. The summed E-state index contributed by atoms with van der Waals surface area (Å²) in [7, 11) is 3.16. The van der Waals surface area contributed by atoms with Gasteiger partial charge in [0.25, 0.3) is 0 Å². The van der Waals surface area contributed by atoms with Crippen LogP contribution in [0.15, 0.2) is 18.2 Å². The van der Waals surface area contributed by atoms with E-state index in [1.54, 1.807) is 32.1 Å². The van der Waals surface area contributed by atoms with E-state index in [4.69, 9.17) is 9.47 Å². The zero-order valence-electron chi connectivity index (χ0n) is 14.0. The van der Waals surface area contributed by atoms with Crippen molar-refractivity contribution in [2.24, 2.45) is 0 Å². The molecule has 0 N–H and O–H groups in total. The second-order valence-electron chi connectivity index (χ2n) is 5.61. The van der Waals surface area contributed by atoms with Gasteiger partial charge in [-0.05, 0) is 24.1 Å². The van der Waals surface area contributed by atoms with Crippen molar-refractivity contribution in [1.29, 1.82) is 0 Å². The first-order chi connectivity index (χ1) is 11.0. The molecule has 1 aromatic carbocycles. The Morgan fingerprint density at radius 2 is 1.65 bits per heavy atom. The molecule has 0 unspecified atom stereocenters. The van der Waals surface area contributed by atoms with E-state index in [1.807, 2.05) is 17.0 Å². The largest absolute Gasteiger partial charge is 0.493 e. The van der Waals surface area contributed by atoms with Gasteiger partial charge in [0.15, 0.2) is 11.5 Å². The molecular weight excluding hydrogens is 296 g/mol. The quantitative estimate of drug-likeness (QED) is 0.840. The van der Waals surface area contributed by atoms with Gasteiger partial charge < -0.3 is 19.3 Å². The number of carbonyl (C=O) groups excluding carboxylic acids is 2. The summed E-state index contributed by atoms with van der Waals surface area (Å²) in [5, 5.41) is 0. The highest BCUT2D eigenvalue weighted by molar-refractivity contribution is 5.79. The van der Waals surface area contributed by atoms with Crippen molar-refractivity contribution in [3.8, 4) is 11.5 Å². The average Bonchev–Trinajstić information content (AvgIpc) is 2.81. The first-order valence-electron chi connectivity index (χ1n) is 7.79. The number of hydrogen-bond donors (Lipinski definition) is 0. The number of amides is 2. The molecule has 1 aromatic rings. The van der Waals surface area contributed by atoms with Crippen LogP contribution in [-0.4, -0.2) is 62.0 Å². The lowest BCUT2D eigenvalue weighted by atomic mass is 10.1. The molecule has 0 spiro atoms. The number of carbonyl (C=O) groups is 2. The lowest BCUT2D eigenvalue weighted by molar-refractivity contribution is -0.132. The highest BCUT2D eigenvalue weighted by atomic mass is 16.5. The summed E-state index contributed by atoms with van der Waals surface area (Å²) in [6.45, 7) is 4.17. The van der Waals surface area contributed by atoms with E-state index in [1.165, 1.54) is 0 Å². The smallest absolute Gasteiger partial charge is 0.227 e. The van der Waals surface area contributed by atoms with E-state index >= 15 is 0 Å². The molecule has 0 bridgehead atoms. The molecular formula is C17H24N2O4. The van der Waals surface area contributed by atoms with Crippen molar-refractivity contribution in [2.75, 3.05) is 40.4 Å². The Morgan fingerprint density at radius 1 is 1.00 bits per heavy atom. The van der Waals surface area contributed by atoms with Crippen LogP contribution in [0.3, 0.4) is 0 Å². The molecule has 0 atom stereocenters. The Hall–Kier alpha value is -2.24. The normalized spacial score (nSPS) is 15.1. The summed E-state index contributed by atoms with van der Waals surface area (Å²) >= 11 is 0. The van der Waals surface area contributed by atoms with Crippen LogP contribution in [0.2, 0.25) is 0 Å². The van der Waals surface area contributed by atoms with Gasteiger partial charge in [-0.1, -0.05) is 6.07 Å². The highest BCUT2D eigenvalue weighted by Gasteiger charge is 2.20. The number of nitrogens with zero attached hydrogens (tertiary/aromatic N) is 2. The van der Waals surface area contributed by atoms with Gasteiger partial charge in [-0.2, -0.15) is 0 Å². The molecule has 23 heavy (non-hydrogen) atoms. The number of methoxy groups -OCH3 is 2. The molecule has 1 aliphatic heterocycles. The van der Waals surface area contributed by atoms with Gasteiger partial charge in [-0.25, -0.2) is 0 Å². The van der Waals surface area contributed by atoms with Gasteiger partial charge in [-0.15, -0.1) is 0 Å². The Morgan fingerprint density at radius 3 is 2.30 bits per heavy atom. The summed E-state index contributed by atoms with van der Waals surface area (Å²) < 4.78 is 10.5. The van der Waals surface area contributed by atoms with Gasteiger partial charge in [-0.3, -0.25) is 9.59 Å². The molecule has 6 heteroatoms. The van der Waals surface area contributed by atoms with E-state index in [2.05, 4.69) is 0 Å². The van der Waals surface area contributed by atoms with Crippen LogP contribution in [0.4, 0.5) is 0 Å². The maximum absolute atomic E-state index is 12.5. The predicted molar refractivity (Wildman–Crippen MR) is 86.7 cm³/mol. The topological polar surface area (TPSA) is 59.1 Å². The van der Waals surface area contributed by atoms with Crippen LogP contribution in [0.5, 0.6) is 11.5 Å². The van der Waals surface area contributed by atoms with Gasteiger partial charge in [0.2, 0.25) is 11.8 Å². The minimum atomic E-state index is 0.0687. The standard InChI is InChI=1S/C17H24N2O4/c1-13(20)18-7-4-8-19(10-9-18)17(21)12-14-5-6-15(22-2)16(11-14)23-3/h5-6,11H,4,7-10,12H2,1-3H3. The van der Waals surface area contributed by atoms with Crippen molar-refractivity contribution >= 4 is 11.8 Å². The minimum Gasteiger partial charge on any atom is -0.493 e. The monoisotopic (exact) mass is 320 g/mol. The van der Waals surface area contributed by atoms with Gasteiger partial charge >= 0.3 is 0 Å². The van der Waals surface area contributed by atoms with E-state index < -0.39 is 0 Å². The van der Waals surface area contributed by atoms with E-state index in [0.29, 0.717) is 37.6 Å². The van der Waals surface area contributed by atoms with Gasteiger partial charge in [0.1, 0.15) is 0 Å². The number of benzene rings is 1. The third kappa shape index (κ3) is 4.37. The SMILES string of the molecule is COc1ccc(CC(=O)N2CCCN(C(C)=O)CC2)cc1OC. The first kappa shape index (κ1) is 17.1. The lowest BCUT2D eigenvalue weighted by Gasteiger charge is -2.21. The van der Waals surface area contributed by atoms with Gasteiger partial charge in [0.05, 0.1) is 20.6 Å². The first-order valence-corrected chi connectivity index (χ1v) is 7.79. The summed E-state index contributed by atoms with van der Waals surface area (Å²) in [5.74, 6) is 1.41. The number of rotatable bonds is 4. The van der Waals surface area contributed by atoms with Crippen LogP contribution in [0.25, 0.3) is 0 Å². The molecule has 0 radical (unpaired) electrons. The Kier molecular flexibility index (Phi) is 5.84. The number of ether oxygens (including phenoxy) is 2. The molecule has 6 nitrogen and oxygen atoms in total. The molecule has 2 rings (SSSR count). The van der Waals surface area contributed by atoms with Crippen molar-refractivity contribution < 1.29 is 19.1 Å². The molecule has 1 saturated heterocycles. The van der Waals surface area contributed by atoms with Gasteiger partial charge in [0, 0.05) is 33.1 Å². The van der Waals surface area contributed by atoms with Crippen molar-refractivity contribution in [2.45, 2.75) is 19.8 Å².